The molecule has 0 aliphatic rings. The molecule has 0 aliphatic heterocycles. The molecule has 0 unspecified atom stereocenters. The maximum Gasteiger partial charge on any atom is 0.221 e. The maximum absolute atomic E-state index is 14.0. The highest BCUT2D eigenvalue weighted by molar-refractivity contribution is 7.89. The molecule has 1 atom stereocenters. The summed E-state index contributed by atoms with van der Waals surface area (Å²) in [6, 6.07) is 24.4. The van der Waals surface area contributed by atoms with Gasteiger partial charge < -0.3 is 9.47 Å². The van der Waals surface area contributed by atoms with Crippen molar-refractivity contribution < 1.29 is 17.9 Å². The maximum atomic E-state index is 14.0. The molecule has 0 heterocycles. The monoisotopic (exact) mass is 465 g/mol. The molecule has 6 heteroatoms. The molecule has 3 aromatic carbocycles. The van der Waals surface area contributed by atoms with Crippen LogP contribution in [0.25, 0.3) is 0 Å². The number of hydrogen-bond acceptors (Lipinski definition) is 4. The molecule has 0 aliphatic carbocycles. The molecule has 174 valence electrons. The molecule has 0 N–H and O–H groups in total. The smallest absolute Gasteiger partial charge is 0.221 e. The SMILES string of the molecule is C=CCC[C@@H](c1ccccc1)S(=O)(=O)N(Cc1ccc(OC)cc1)Cc1ccc(OC)cc1. The first-order valence-electron chi connectivity index (χ1n) is 10.9. The second-order valence-electron chi connectivity index (χ2n) is 7.77. The number of allylic oxidation sites excluding steroid dienone is 1. The van der Waals surface area contributed by atoms with Gasteiger partial charge in [-0.3, -0.25) is 0 Å². The van der Waals surface area contributed by atoms with E-state index in [1.54, 1.807) is 24.6 Å². The van der Waals surface area contributed by atoms with Gasteiger partial charge in [-0.05, 0) is 53.8 Å². The highest BCUT2D eigenvalue weighted by Crippen LogP contribution is 2.32. The van der Waals surface area contributed by atoms with Crippen LogP contribution < -0.4 is 9.47 Å². The number of methoxy groups -OCH3 is 2. The molecule has 5 nitrogen and oxygen atoms in total. The average Bonchev–Trinajstić information content (AvgIpc) is 2.85. The number of rotatable bonds is 12. The van der Waals surface area contributed by atoms with Crippen LogP contribution in [0.5, 0.6) is 11.5 Å². The van der Waals surface area contributed by atoms with E-state index in [0.29, 0.717) is 12.8 Å². The topological polar surface area (TPSA) is 55.8 Å². The Morgan fingerprint density at radius 2 is 1.30 bits per heavy atom. The van der Waals surface area contributed by atoms with Crippen molar-refractivity contribution in [2.75, 3.05) is 14.2 Å². The van der Waals surface area contributed by atoms with E-state index in [4.69, 9.17) is 9.47 Å². The van der Waals surface area contributed by atoms with Crippen molar-refractivity contribution in [3.05, 3.63) is 108 Å². The van der Waals surface area contributed by atoms with Crippen LogP contribution in [0.15, 0.2) is 91.5 Å². The van der Waals surface area contributed by atoms with Crippen molar-refractivity contribution in [2.45, 2.75) is 31.2 Å². The van der Waals surface area contributed by atoms with Crippen LogP contribution in [0.1, 0.15) is 34.8 Å². The highest BCUT2D eigenvalue weighted by Gasteiger charge is 2.33. The molecule has 3 aromatic rings. The van der Waals surface area contributed by atoms with E-state index in [1.807, 2.05) is 78.9 Å². The minimum Gasteiger partial charge on any atom is -0.497 e. The lowest BCUT2D eigenvalue weighted by molar-refractivity contribution is 0.389. The molecule has 0 saturated carbocycles. The van der Waals surface area contributed by atoms with Gasteiger partial charge in [-0.15, -0.1) is 6.58 Å². The van der Waals surface area contributed by atoms with E-state index in [9.17, 15) is 8.42 Å². The van der Waals surface area contributed by atoms with Crippen molar-refractivity contribution in [1.82, 2.24) is 4.31 Å². The van der Waals surface area contributed by atoms with E-state index in [0.717, 1.165) is 28.2 Å². The van der Waals surface area contributed by atoms with E-state index in [2.05, 4.69) is 6.58 Å². The van der Waals surface area contributed by atoms with Gasteiger partial charge in [0.1, 0.15) is 16.7 Å². The largest absolute Gasteiger partial charge is 0.497 e. The fourth-order valence-electron chi connectivity index (χ4n) is 3.71. The first-order valence-corrected chi connectivity index (χ1v) is 12.4. The zero-order valence-corrected chi connectivity index (χ0v) is 20.0. The zero-order chi connectivity index (χ0) is 23.7. The Bertz CT molecular complexity index is 1060. The van der Waals surface area contributed by atoms with Gasteiger partial charge in [0, 0.05) is 13.1 Å². The molecule has 0 amide bonds. The lowest BCUT2D eigenvalue weighted by Crippen LogP contribution is -2.34. The van der Waals surface area contributed by atoms with Crippen molar-refractivity contribution >= 4 is 10.0 Å². The molecule has 0 radical (unpaired) electrons. The molecule has 0 saturated heterocycles. The highest BCUT2D eigenvalue weighted by atomic mass is 32.2. The van der Waals surface area contributed by atoms with Gasteiger partial charge in [0.15, 0.2) is 0 Å². The molecule has 3 rings (SSSR count). The zero-order valence-electron chi connectivity index (χ0n) is 19.2. The summed E-state index contributed by atoms with van der Waals surface area (Å²) in [7, 11) is -0.472. The van der Waals surface area contributed by atoms with Gasteiger partial charge in [-0.1, -0.05) is 60.7 Å². The summed E-state index contributed by atoms with van der Waals surface area (Å²) in [5, 5.41) is -0.659. The Labute approximate surface area is 197 Å². The van der Waals surface area contributed by atoms with Crippen LogP contribution in [0.4, 0.5) is 0 Å². The Kier molecular flexibility index (Phi) is 8.69. The minimum atomic E-state index is -3.69. The summed E-state index contributed by atoms with van der Waals surface area (Å²) in [5.74, 6) is 1.47. The summed E-state index contributed by atoms with van der Waals surface area (Å²) in [6.07, 6.45) is 2.85. The second kappa shape index (κ2) is 11.7. The lowest BCUT2D eigenvalue weighted by atomic mass is 10.1. The first kappa shape index (κ1) is 24.6. The van der Waals surface area contributed by atoms with Gasteiger partial charge in [0.05, 0.1) is 14.2 Å². The Morgan fingerprint density at radius 3 is 1.73 bits per heavy atom. The molecular weight excluding hydrogens is 434 g/mol. The Hall–Kier alpha value is -3.09. The van der Waals surface area contributed by atoms with Gasteiger partial charge in [0.2, 0.25) is 10.0 Å². The van der Waals surface area contributed by atoms with Crippen molar-refractivity contribution in [1.29, 1.82) is 0 Å². The molecular formula is C27H31NO4S. The number of nitrogens with zero attached hydrogens (tertiary/aromatic N) is 1. The lowest BCUT2D eigenvalue weighted by Gasteiger charge is -2.28. The number of sulfonamides is 1. The van der Waals surface area contributed by atoms with Crippen LogP contribution in [0, 0.1) is 0 Å². The number of ether oxygens (including phenoxy) is 2. The van der Waals surface area contributed by atoms with Crippen molar-refractivity contribution in [3.63, 3.8) is 0 Å². The third-order valence-corrected chi connectivity index (χ3v) is 7.76. The average molecular weight is 466 g/mol. The van der Waals surface area contributed by atoms with E-state index >= 15 is 0 Å². The molecule has 0 aromatic heterocycles. The van der Waals surface area contributed by atoms with E-state index < -0.39 is 15.3 Å². The third-order valence-electron chi connectivity index (χ3n) is 5.56. The van der Waals surface area contributed by atoms with E-state index in [1.165, 1.54) is 0 Å². The summed E-state index contributed by atoms with van der Waals surface area (Å²) in [5.41, 5.74) is 2.57. The number of hydrogen-bond donors (Lipinski definition) is 0. The quantitative estimate of drug-likeness (QED) is 0.320. The molecule has 0 bridgehead atoms. The summed E-state index contributed by atoms with van der Waals surface area (Å²) < 4.78 is 40.1. The first-order chi connectivity index (χ1) is 16.0. The summed E-state index contributed by atoms with van der Waals surface area (Å²) >= 11 is 0. The van der Waals surface area contributed by atoms with Gasteiger partial charge in [-0.25, -0.2) is 8.42 Å². The van der Waals surface area contributed by atoms with Crippen molar-refractivity contribution in [3.8, 4) is 11.5 Å². The molecule has 33 heavy (non-hydrogen) atoms. The van der Waals surface area contributed by atoms with Crippen LogP contribution >= 0.6 is 0 Å². The van der Waals surface area contributed by atoms with E-state index in [-0.39, 0.29) is 13.1 Å². The van der Waals surface area contributed by atoms with Gasteiger partial charge in [-0.2, -0.15) is 4.31 Å². The predicted octanol–water partition coefficient (Wildman–Crippen LogP) is 5.74. The van der Waals surface area contributed by atoms with Crippen LogP contribution in [0.3, 0.4) is 0 Å². The van der Waals surface area contributed by atoms with Crippen LogP contribution in [-0.4, -0.2) is 26.9 Å². The standard InChI is InChI=1S/C27H31NO4S/c1-4-5-11-27(24-9-7-6-8-10-24)33(29,30)28(20-22-12-16-25(31-2)17-13-22)21-23-14-18-26(32-3)19-15-23/h4,6-10,12-19,27H,1,5,11,20-21H2,2-3H3/t27-/m0/s1. The molecule has 0 fully saturated rings. The Morgan fingerprint density at radius 1 is 0.818 bits per heavy atom. The normalized spacial score (nSPS) is 12.3. The third kappa shape index (κ3) is 6.46. The minimum absolute atomic E-state index is 0.260. The fraction of sp³-hybridized carbons (Fsp3) is 0.259. The predicted molar refractivity (Wildman–Crippen MR) is 133 cm³/mol. The van der Waals surface area contributed by atoms with Gasteiger partial charge >= 0.3 is 0 Å². The second-order valence-corrected chi connectivity index (χ2v) is 9.89. The molecule has 0 spiro atoms. The summed E-state index contributed by atoms with van der Waals surface area (Å²) in [4.78, 5) is 0. The van der Waals surface area contributed by atoms with Gasteiger partial charge in [0.25, 0.3) is 0 Å². The summed E-state index contributed by atoms with van der Waals surface area (Å²) in [6.45, 7) is 4.31. The number of benzene rings is 3. The van der Waals surface area contributed by atoms with Crippen LogP contribution in [0.2, 0.25) is 0 Å². The van der Waals surface area contributed by atoms with Crippen molar-refractivity contribution in [2.24, 2.45) is 0 Å². The van der Waals surface area contributed by atoms with Crippen LogP contribution in [-0.2, 0) is 23.1 Å². The Balaban J connectivity index is 1.98. The fourth-order valence-corrected chi connectivity index (χ4v) is 5.66.